The molecule has 0 fully saturated rings. The van der Waals surface area contributed by atoms with Gasteiger partial charge < -0.3 is 14.8 Å². The number of hydrogen-bond acceptors (Lipinski definition) is 4. The van der Waals surface area contributed by atoms with Gasteiger partial charge in [0.1, 0.15) is 5.82 Å². The number of pyridine rings is 1. The SMILES string of the molecule is CCOc1ccc(Nc2ncc(Cl)cc2Br)cc1OCC. The number of benzene rings is 1. The minimum absolute atomic E-state index is 0.576. The van der Waals surface area contributed by atoms with E-state index < -0.39 is 0 Å². The monoisotopic (exact) mass is 370 g/mol. The van der Waals surface area contributed by atoms with E-state index in [2.05, 4.69) is 26.2 Å². The van der Waals surface area contributed by atoms with Crippen LogP contribution in [-0.2, 0) is 0 Å². The fourth-order valence-corrected chi connectivity index (χ4v) is 2.51. The zero-order valence-electron chi connectivity index (χ0n) is 11.8. The van der Waals surface area contributed by atoms with E-state index in [1.807, 2.05) is 32.0 Å². The number of nitrogens with one attached hydrogen (secondary N) is 1. The van der Waals surface area contributed by atoms with Crippen molar-refractivity contribution in [3.05, 3.63) is 40.0 Å². The van der Waals surface area contributed by atoms with Crippen LogP contribution in [0.4, 0.5) is 11.5 Å². The number of hydrogen-bond donors (Lipinski definition) is 1. The smallest absolute Gasteiger partial charge is 0.163 e. The minimum Gasteiger partial charge on any atom is -0.490 e. The Labute approximate surface area is 137 Å². The Hall–Kier alpha value is -1.46. The molecule has 0 amide bonds. The molecule has 0 aliphatic heterocycles. The van der Waals surface area contributed by atoms with Gasteiger partial charge in [-0.1, -0.05) is 11.6 Å². The van der Waals surface area contributed by atoms with Crippen LogP contribution in [0.15, 0.2) is 34.9 Å². The molecule has 0 unspecified atom stereocenters. The van der Waals surface area contributed by atoms with E-state index in [1.54, 1.807) is 12.3 Å². The largest absolute Gasteiger partial charge is 0.490 e. The van der Waals surface area contributed by atoms with Gasteiger partial charge >= 0.3 is 0 Å². The first kappa shape index (κ1) is 15.9. The Morgan fingerprint density at radius 1 is 1.14 bits per heavy atom. The van der Waals surface area contributed by atoms with Gasteiger partial charge in [0.05, 0.1) is 22.7 Å². The lowest BCUT2D eigenvalue weighted by Gasteiger charge is -2.13. The third kappa shape index (κ3) is 4.25. The van der Waals surface area contributed by atoms with Gasteiger partial charge in [-0.25, -0.2) is 4.98 Å². The zero-order valence-corrected chi connectivity index (χ0v) is 14.2. The van der Waals surface area contributed by atoms with E-state index in [1.165, 1.54) is 0 Å². The molecule has 112 valence electrons. The normalized spacial score (nSPS) is 10.3. The van der Waals surface area contributed by atoms with Crippen molar-refractivity contribution in [2.24, 2.45) is 0 Å². The van der Waals surface area contributed by atoms with E-state index in [0.717, 1.165) is 15.9 Å². The summed E-state index contributed by atoms with van der Waals surface area (Å²) in [6.45, 7) is 5.05. The van der Waals surface area contributed by atoms with Gasteiger partial charge in [-0.2, -0.15) is 0 Å². The lowest BCUT2D eigenvalue weighted by atomic mass is 10.2. The summed E-state index contributed by atoms with van der Waals surface area (Å²) < 4.78 is 11.9. The first-order valence-electron chi connectivity index (χ1n) is 6.61. The van der Waals surface area contributed by atoms with Gasteiger partial charge in [0, 0.05) is 18.0 Å². The third-order valence-corrected chi connectivity index (χ3v) is 3.43. The lowest BCUT2D eigenvalue weighted by molar-refractivity contribution is 0.288. The molecule has 1 aromatic carbocycles. The van der Waals surface area contributed by atoms with Gasteiger partial charge in [0.25, 0.3) is 0 Å². The van der Waals surface area contributed by atoms with Crippen LogP contribution in [0.1, 0.15) is 13.8 Å². The van der Waals surface area contributed by atoms with Gasteiger partial charge in [-0.15, -0.1) is 0 Å². The van der Waals surface area contributed by atoms with Crippen LogP contribution < -0.4 is 14.8 Å². The van der Waals surface area contributed by atoms with Crippen molar-refractivity contribution < 1.29 is 9.47 Å². The molecule has 0 saturated carbocycles. The molecule has 0 aliphatic rings. The number of rotatable bonds is 6. The number of halogens is 2. The van der Waals surface area contributed by atoms with Crippen LogP contribution in [0.5, 0.6) is 11.5 Å². The van der Waals surface area contributed by atoms with Crippen LogP contribution in [0.25, 0.3) is 0 Å². The van der Waals surface area contributed by atoms with E-state index in [9.17, 15) is 0 Å². The zero-order chi connectivity index (χ0) is 15.2. The van der Waals surface area contributed by atoms with Crippen molar-refractivity contribution in [2.45, 2.75) is 13.8 Å². The molecule has 0 aliphatic carbocycles. The highest BCUT2D eigenvalue weighted by Crippen LogP contribution is 2.33. The molecule has 1 N–H and O–H groups in total. The standard InChI is InChI=1S/C15H16BrClN2O2/c1-3-20-13-6-5-11(8-14(13)21-4-2)19-15-12(16)7-10(17)9-18-15/h5-9H,3-4H2,1-2H3,(H,18,19). The maximum Gasteiger partial charge on any atom is 0.163 e. The predicted octanol–water partition coefficient (Wildman–Crippen LogP) is 5.04. The Bertz CT molecular complexity index is 623. The number of aromatic nitrogens is 1. The number of ether oxygens (including phenoxy) is 2. The van der Waals surface area contributed by atoms with Crippen molar-refractivity contribution in [2.75, 3.05) is 18.5 Å². The number of anilines is 2. The first-order valence-corrected chi connectivity index (χ1v) is 7.78. The summed E-state index contributed by atoms with van der Waals surface area (Å²) in [4.78, 5) is 4.25. The molecule has 0 radical (unpaired) electrons. The highest BCUT2D eigenvalue weighted by atomic mass is 79.9. The first-order chi connectivity index (χ1) is 10.1. The van der Waals surface area contributed by atoms with Crippen LogP contribution in [0, 0.1) is 0 Å². The minimum atomic E-state index is 0.576. The molecular weight excluding hydrogens is 356 g/mol. The second-order valence-corrected chi connectivity index (χ2v) is 5.43. The highest BCUT2D eigenvalue weighted by Gasteiger charge is 2.08. The Kier molecular flexibility index (Phi) is 5.70. The summed E-state index contributed by atoms with van der Waals surface area (Å²) in [6, 6.07) is 7.46. The summed E-state index contributed by atoms with van der Waals surface area (Å²) >= 11 is 9.31. The average Bonchev–Trinajstić information content (AvgIpc) is 2.45. The van der Waals surface area contributed by atoms with Crippen LogP contribution in [0.2, 0.25) is 5.02 Å². The maximum atomic E-state index is 5.89. The molecule has 0 bridgehead atoms. The van der Waals surface area contributed by atoms with Crippen molar-refractivity contribution in [1.82, 2.24) is 4.98 Å². The predicted molar refractivity (Wildman–Crippen MR) is 89.0 cm³/mol. The van der Waals surface area contributed by atoms with Gasteiger partial charge in [0.15, 0.2) is 11.5 Å². The molecule has 4 nitrogen and oxygen atoms in total. The van der Waals surface area contributed by atoms with Crippen LogP contribution in [0.3, 0.4) is 0 Å². The topological polar surface area (TPSA) is 43.4 Å². The molecule has 1 aromatic heterocycles. The van der Waals surface area contributed by atoms with E-state index in [0.29, 0.717) is 29.8 Å². The summed E-state index contributed by atoms with van der Waals surface area (Å²) in [6.07, 6.45) is 1.59. The summed E-state index contributed by atoms with van der Waals surface area (Å²) in [7, 11) is 0. The second kappa shape index (κ2) is 7.52. The van der Waals surface area contributed by atoms with Gasteiger partial charge in [0.2, 0.25) is 0 Å². The molecule has 2 aromatic rings. The number of nitrogens with zero attached hydrogens (tertiary/aromatic N) is 1. The molecule has 6 heteroatoms. The van der Waals surface area contributed by atoms with Crippen molar-refractivity contribution >= 4 is 39.0 Å². The van der Waals surface area contributed by atoms with Crippen LogP contribution in [-0.4, -0.2) is 18.2 Å². The average molecular weight is 372 g/mol. The van der Waals surface area contributed by atoms with E-state index >= 15 is 0 Å². The van der Waals surface area contributed by atoms with Crippen molar-refractivity contribution in [3.8, 4) is 11.5 Å². The summed E-state index contributed by atoms with van der Waals surface area (Å²) in [5.74, 6) is 2.12. The maximum absolute atomic E-state index is 5.89. The Balaban J connectivity index is 2.25. The molecule has 0 atom stereocenters. The molecule has 0 spiro atoms. The van der Waals surface area contributed by atoms with Gasteiger partial charge in [-0.3, -0.25) is 0 Å². The highest BCUT2D eigenvalue weighted by molar-refractivity contribution is 9.10. The lowest BCUT2D eigenvalue weighted by Crippen LogP contribution is -2.00. The molecule has 0 saturated heterocycles. The Morgan fingerprint density at radius 3 is 2.52 bits per heavy atom. The molecule has 2 rings (SSSR count). The van der Waals surface area contributed by atoms with Crippen molar-refractivity contribution in [3.63, 3.8) is 0 Å². The summed E-state index contributed by atoms with van der Waals surface area (Å²) in [5.41, 5.74) is 0.859. The van der Waals surface area contributed by atoms with Gasteiger partial charge in [-0.05, 0) is 48.0 Å². The third-order valence-electron chi connectivity index (χ3n) is 2.61. The molecule has 21 heavy (non-hydrogen) atoms. The van der Waals surface area contributed by atoms with Crippen LogP contribution >= 0.6 is 27.5 Å². The summed E-state index contributed by atoms with van der Waals surface area (Å²) in [5, 5.41) is 3.79. The quantitative estimate of drug-likeness (QED) is 0.772. The second-order valence-electron chi connectivity index (χ2n) is 4.14. The molecular formula is C15H16BrClN2O2. The fraction of sp³-hybridized carbons (Fsp3) is 0.267. The van der Waals surface area contributed by atoms with E-state index in [4.69, 9.17) is 21.1 Å². The Morgan fingerprint density at radius 2 is 1.86 bits per heavy atom. The fourth-order valence-electron chi connectivity index (χ4n) is 1.77. The van der Waals surface area contributed by atoms with Crippen molar-refractivity contribution in [1.29, 1.82) is 0 Å². The molecule has 1 heterocycles. The van der Waals surface area contributed by atoms with E-state index in [-0.39, 0.29) is 0 Å².